The molecule has 0 radical (unpaired) electrons. The fraction of sp³-hybridized carbons (Fsp3) is 0.400. The molecule has 5 heteroatoms. The standard InChI is InChI=1S/C80H90BN3S/c1-73(2,3)49-28-30-51(31-29-49)82(50-24-20-19-21-25-50)53-43-67-71-68(44-53)84(64-35-34-56(74(4,5)6)72-70(64)54-26-22-23-27-69(54)85-72)66-48-61-59(78(13,14)39-41-80(61,17)18)46-63(66)81(71)62-45-58-60(79(15,16)40-38-77(58,11)12)47-65(62)83(67)52-32-33-55-57(42-52)76(9,10)37-36-75(55,7)8/h19-35,42-48H,36-41H2,1-18H3. The van der Waals surface area contributed by atoms with E-state index in [0.717, 1.165) is 49.2 Å². The highest BCUT2D eigenvalue weighted by Gasteiger charge is 2.50. The van der Waals surface area contributed by atoms with E-state index < -0.39 is 0 Å². The molecule has 2 aliphatic heterocycles. The third-order valence-electron chi connectivity index (χ3n) is 21.9. The van der Waals surface area contributed by atoms with Crippen molar-refractivity contribution in [2.75, 3.05) is 14.7 Å². The van der Waals surface area contributed by atoms with E-state index in [9.17, 15) is 0 Å². The van der Waals surface area contributed by atoms with Crippen molar-refractivity contribution in [1.82, 2.24) is 0 Å². The molecule has 85 heavy (non-hydrogen) atoms. The molecule has 8 aromatic carbocycles. The van der Waals surface area contributed by atoms with Crippen molar-refractivity contribution in [2.45, 2.75) is 206 Å². The maximum atomic E-state index is 2.79. The lowest BCUT2D eigenvalue weighted by Crippen LogP contribution is -2.62. The smallest absolute Gasteiger partial charge is 0.252 e. The molecule has 9 aromatic rings. The van der Waals surface area contributed by atoms with Crippen molar-refractivity contribution in [3.05, 3.63) is 190 Å². The Balaban J connectivity index is 1.19. The average molecular weight is 1140 g/mol. The first-order valence-electron chi connectivity index (χ1n) is 32.1. The molecule has 0 unspecified atom stereocenters. The van der Waals surface area contributed by atoms with Gasteiger partial charge in [-0.1, -0.05) is 197 Å². The second kappa shape index (κ2) is 18.5. The van der Waals surface area contributed by atoms with Crippen molar-refractivity contribution >= 4 is 106 Å². The number of hydrogen-bond acceptors (Lipinski definition) is 4. The second-order valence-corrected chi connectivity index (χ2v) is 33.7. The molecule has 5 aliphatic rings. The van der Waals surface area contributed by atoms with Gasteiger partial charge in [-0.25, -0.2) is 0 Å². The fourth-order valence-electron chi connectivity index (χ4n) is 16.2. The summed E-state index contributed by atoms with van der Waals surface area (Å²) in [6.07, 6.45) is 6.93. The van der Waals surface area contributed by atoms with E-state index >= 15 is 0 Å². The van der Waals surface area contributed by atoms with E-state index in [2.05, 4.69) is 285 Å². The molecule has 0 bridgehead atoms. The summed E-state index contributed by atoms with van der Waals surface area (Å²) in [4.78, 5) is 8.11. The first-order chi connectivity index (χ1) is 39.9. The number of anilines is 9. The number of benzene rings is 8. The van der Waals surface area contributed by atoms with Gasteiger partial charge >= 0.3 is 0 Å². The van der Waals surface area contributed by atoms with Crippen LogP contribution in [0.4, 0.5) is 51.2 Å². The summed E-state index contributed by atoms with van der Waals surface area (Å²) in [5, 5.41) is 2.67. The van der Waals surface area contributed by atoms with Gasteiger partial charge in [0.15, 0.2) is 0 Å². The van der Waals surface area contributed by atoms with Gasteiger partial charge in [-0.3, -0.25) is 0 Å². The van der Waals surface area contributed by atoms with Crippen molar-refractivity contribution in [2.24, 2.45) is 0 Å². The number of thiophene rings is 1. The Morgan fingerprint density at radius 1 is 0.400 bits per heavy atom. The summed E-state index contributed by atoms with van der Waals surface area (Å²) in [7, 11) is 0. The quantitative estimate of drug-likeness (QED) is 0.159. The fourth-order valence-corrected chi connectivity index (χ4v) is 17.7. The van der Waals surface area contributed by atoms with Gasteiger partial charge in [0.05, 0.1) is 11.4 Å². The Labute approximate surface area is 514 Å². The third-order valence-corrected chi connectivity index (χ3v) is 23.1. The van der Waals surface area contributed by atoms with Gasteiger partial charge in [-0.15, -0.1) is 11.3 Å². The first kappa shape index (κ1) is 56.3. The van der Waals surface area contributed by atoms with Crippen LogP contribution in [-0.4, -0.2) is 6.71 Å². The summed E-state index contributed by atoms with van der Waals surface area (Å²) in [5.74, 6) is 0. The van der Waals surface area contributed by atoms with E-state index in [1.54, 1.807) is 0 Å². The maximum absolute atomic E-state index is 2.79. The van der Waals surface area contributed by atoms with Crippen molar-refractivity contribution in [3.63, 3.8) is 0 Å². The Hall–Kier alpha value is -6.56. The zero-order chi connectivity index (χ0) is 60.1. The SMILES string of the molecule is CC(C)(C)c1ccc(N(c2ccccc2)c2cc3c4c(c2)N(c2ccc(C(C)(C)C)c5sc6ccccc6c25)c2cc5c(cc2B4c2cc4c(cc2N3c2ccc3c(c2)C(C)(C)CCC3(C)C)C(C)(C)CCC4(C)C)C(C)(C)CCC5(C)C)cc1. The molecular formula is C80H90BN3S. The average Bonchev–Trinajstić information content (AvgIpc) is 0.956. The van der Waals surface area contributed by atoms with Crippen LogP contribution in [0, 0.1) is 0 Å². The molecule has 0 amide bonds. The largest absolute Gasteiger partial charge is 0.311 e. The van der Waals surface area contributed by atoms with Gasteiger partial charge in [0.1, 0.15) is 0 Å². The highest BCUT2D eigenvalue weighted by atomic mass is 32.1. The summed E-state index contributed by atoms with van der Waals surface area (Å²) in [5.41, 5.74) is 26.9. The van der Waals surface area contributed by atoms with E-state index in [0.29, 0.717) is 0 Å². The molecule has 0 atom stereocenters. The van der Waals surface area contributed by atoms with E-state index in [4.69, 9.17) is 0 Å². The van der Waals surface area contributed by atoms with Crippen molar-refractivity contribution < 1.29 is 0 Å². The molecule has 0 fully saturated rings. The summed E-state index contributed by atoms with van der Waals surface area (Å²) in [6, 6.07) is 58.7. The van der Waals surface area contributed by atoms with Gasteiger partial charge in [-0.2, -0.15) is 0 Å². The maximum Gasteiger partial charge on any atom is 0.252 e. The molecule has 3 heterocycles. The number of nitrogens with zero attached hydrogens (tertiary/aromatic N) is 3. The van der Waals surface area contributed by atoms with E-state index in [1.807, 2.05) is 11.3 Å². The molecule has 0 saturated heterocycles. The van der Waals surface area contributed by atoms with Gasteiger partial charge in [-0.05, 0) is 216 Å². The Bertz CT molecular complexity index is 4230. The zero-order valence-electron chi connectivity index (χ0n) is 54.4. The van der Waals surface area contributed by atoms with Crippen LogP contribution >= 0.6 is 11.3 Å². The molecule has 3 aliphatic carbocycles. The van der Waals surface area contributed by atoms with Crippen molar-refractivity contribution in [3.8, 4) is 0 Å². The first-order valence-corrected chi connectivity index (χ1v) is 32.9. The Morgan fingerprint density at radius 2 is 0.871 bits per heavy atom. The van der Waals surface area contributed by atoms with Crippen LogP contribution in [0.5, 0.6) is 0 Å². The number of para-hydroxylation sites is 1. The molecule has 3 nitrogen and oxygen atoms in total. The molecule has 0 spiro atoms. The molecule has 1 aromatic heterocycles. The minimum atomic E-state index is -0.0700. The van der Waals surface area contributed by atoms with Gasteiger partial charge in [0, 0.05) is 60.0 Å². The topological polar surface area (TPSA) is 9.72 Å². The molecular weight excluding hydrogens is 1050 g/mol. The summed E-state index contributed by atoms with van der Waals surface area (Å²) in [6.45, 7) is 44.2. The lowest BCUT2D eigenvalue weighted by Gasteiger charge is -2.49. The van der Waals surface area contributed by atoms with Crippen LogP contribution < -0.4 is 31.1 Å². The summed E-state index contributed by atoms with van der Waals surface area (Å²) >= 11 is 1.97. The number of hydrogen-bond donors (Lipinski definition) is 0. The van der Waals surface area contributed by atoms with Crippen LogP contribution in [0.3, 0.4) is 0 Å². The second-order valence-electron chi connectivity index (χ2n) is 32.6. The van der Waals surface area contributed by atoms with Crippen LogP contribution in [0.1, 0.15) is 208 Å². The van der Waals surface area contributed by atoms with E-state index in [1.165, 1.54) is 122 Å². The monoisotopic (exact) mass is 1140 g/mol. The zero-order valence-corrected chi connectivity index (χ0v) is 55.2. The lowest BCUT2D eigenvalue weighted by atomic mass is 9.32. The van der Waals surface area contributed by atoms with E-state index in [-0.39, 0.29) is 50.0 Å². The molecule has 0 N–H and O–H groups in total. The summed E-state index contributed by atoms with van der Waals surface area (Å²) < 4.78 is 2.71. The predicted octanol–water partition coefficient (Wildman–Crippen LogP) is 21.2. The number of fused-ring (bicyclic) bond motifs is 10. The minimum Gasteiger partial charge on any atom is -0.311 e. The minimum absolute atomic E-state index is 0.00328. The number of rotatable bonds is 5. The molecule has 434 valence electrons. The Kier molecular flexibility index (Phi) is 12.2. The van der Waals surface area contributed by atoms with Gasteiger partial charge < -0.3 is 14.7 Å². The Morgan fingerprint density at radius 3 is 1.41 bits per heavy atom. The molecule has 0 saturated carbocycles. The normalized spacial score (nSPS) is 19.2. The van der Waals surface area contributed by atoms with Crippen LogP contribution in [0.2, 0.25) is 0 Å². The third kappa shape index (κ3) is 8.67. The predicted molar refractivity (Wildman–Crippen MR) is 371 cm³/mol. The lowest BCUT2D eigenvalue weighted by molar-refractivity contribution is 0.332. The van der Waals surface area contributed by atoms with Gasteiger partial charge in [0.2, 0.25) is 0 Å². The van der Waals surface area contributed by atoms with Crippen LogP contribution in [0.25, 0.3) is 20.2 Å². The van der Waals surface area contributed by atoms with Gasteiger partial charge in [0.25, 0.3) is 6.71 Å². The van der Waals surface area contributed by atoms with Crippen LogP contribution in [-0.2, 0) is 43.3 Å². The van der Waals surface area contributed by atoms with Crippen LogP contribution in [0.15, 0.2) is 146 Å². The highest BCUT2D eigenvalue weighted by Crippen LogP contribution is 2.57. The highest BCUT2D eigenvalue weighted by molar-refractivity contribution is 7.26. The van der Waals surface area contributed by atoms with Crippen molar-refractivity contribution in [1.29, 1.82) is 0 Å². The molecule has 14 rings (SSSR count).